The maximum Gasteiger partial charge on any atom is 0.573 e. The van der Waals surface area contributed by atoms with Gasteiger partial charge in [-0.25, -0.2) is 0 Å². The van der Waals surface area contributed by atoms with E-state index < -0.39 is 23.9 Å². The van der Waals surface area contributed by atoms with Gasteiger partial charge in [0.1, 0.15) is 5.75 Å². The Kier molecular flexibility index (Phi) is 6.27. The molecule has 13 heteroatoms. The van der Waals surface area contributed by atoms with E-state index in [0.29, 0.717) is 10.6 Å². The molecule has 0 amide bonds. The Hall–Kier alpha value is -2.73. The Bertz CT molecular complexity index is 1010. The molecule has 0 unspecified atom stereocenters. The number of ether oxygens (including phenoxy) is 1. The summed E-state index contributed by atoms with van der Waals surface area (Å²) in [7, 11) is 0. The number of aromatic nitrogens is 3. The Morgan fingerprint density at radius 3 is 2.03 bits per heavy atom. The molecule has 0 aliphatic heterocycles. The summed E-state index contributed by atoms with van der Waals surface area (Å²) in [5.74, 6) is -0.408. The number of benzene rings is 2. The van der Waals surface area contributed by atoms with Gasteiger partial charge in [-0.3, -0.25) is 0 Å². The number of anilines is 2. The van der Waals surface area contributed by atoms with Gasteiger partial charge in [0.05, 0.1) is 5.56 Å². The number of nitrogens with zero attached hydrogens (tertiary/aromatic N) is 3. The predicted molar refractivity (Wildman–Crippen MR) is 96.8 cm³/mol. The summed E-state index contributed by atoms with van der Waals surface area (Å²) in [6.07, 6.45) is -9.25. The Morgan fingerprint density at radius 1 is 0.833 bits per heavy atom. The first-order chi connectivity index (χ1) is 14.0. The zero-order chi connectivity index (χ0) is 21.9. The smallest absolute Gasteiger partial charge is 0.406 e. The number of rotatable bonds is 5. The largest absolute Gasteiger partial charge is 0.573 e. The van der Waals surface area contributed by atoms with E-state index in [9.17, 15) is 26.3 Å². The van der Waals surface area contributed by atoms with Crippen molar-refractivity contribution in [1.82, 2.24) is 15.0 Å². The third-order valence-corrected chi connectivity index (χ3v) is 4.36. The Balaban J connectivity index is 1.72. The summed E-state index contributed by atoms with van der Waals surface area (Å²) < 4.78 is 78.3. The van der Waals surface area contributed by atoms with Crippen LogP contribution in [0.25, 0.3) is 0 Å². The van der Waals surface area contributed by atoms with Crippen LogP contribution >= 0.6 is 23.4 Å². The van der Waals surface area contributed by atoms with Crippen molar-refractivity contribution in [3.05, 3.63) is 59.4 Å². The average molecular weight is 467 g/mol. The van der Waals surface area contributed by atoms with Crippen LogP contribution < -0.4 is 10.1 Å². The minimum atomic E-state index is -4.80. The van der Waals surface area contributed by atoms with Crippen molar-refractivity contribution < 1.29 is 31.1 Å². The fourth-order valence-corrected chi connectivity index (χ4v) is 3.08. The molecule has 158 valence electrons. The number of hydrogen-bond donors (Lipinski definition) is 1. The zero-order valence-electron chi connectivity index (χ0n) is 14.4. The van der Waals surface area contributed by atoms with Crippen molar-refractivity contribution in [3.63, 3.8) is 0 Å². The molecule has 1 N–H and O–H groups in total. The van der Waals surface area contributed by atoms with E-state index in [1.807, 2.05) is 0 Å². The van der Waals surface area contributed by atoms with E-state index >= 15 is 0 Å². The van der Waals surface area contributed by atoms with Crippen molar-refractivity contribution >= 4 is 35.0 Å². The SMILES string of the molecule is FC(F)(F)Oc1ccc(Nc2nc(Cl)nc(Sc3ccc(C(F)(F)F)cc3)n2)cc1. The lowest BCUT2D eigenvalue weighted by Gasteiger charge is -2.10. The first kappa shape index (κ1) is 22.0. The second-order valence-electron chi connectivity index (χ2n) is 5.53. The van der Waals surface area contributed by atoms with Gasteiger partial charge >= 0.3 is 12.5 Å². The van der Waals surface area contributed by atoms with Gasteiger partial charge in [0.25, 0.3) is 0 Å². The van der Waals surface area contributed by atoms with Gasteiger partial charge in [-0.05, 0) is 71.9 Å². The molecule has 0 aliphatic carbocycles. The van der Waals surface area contributed by atoms with E-state index in [2.05, 4.69) is 25.0 Å². The zero-order valence-corrected chi connectivity index (χ0v) is 16.0. The highest BCUT2D eigenvalue weighted by atomic mass is 35.5. The molecule has 0 bridgehead atoms. The van der Waals surface area contributed by atoms with Crippen LogP contribution in [0.15, 0.2) is 58.6 Å². The molecule has 1 aromatic heterocycles. The summed E-state index contributed by atoms with van der Waals surface area (Å²) in [5, 5.41) is 2.67. The van der Waals surface area contributed by atoms with E-state index in [-0.39, 0.29) is 16.4 Å². The van der Waals surface area contributed by atoms with E-state index in [0.717, 1.165) is 36.0 Å². The van der Waals surface area contributed by atoms with Gasteiger partial charge in [0, 0.05) is 10.6 Å². The third kappa shape index (κ3) is 6.39. The summed E-state index contributed by atoms with van der Waals surface area (Å²) in [5.41, 5.74) is -0.446. The van der Waals surface area contributed by atoms with E-state index in [1.165, 1.54) is 24.3 Å². The molecular weight excluding hydrogens is 458 g/mol. The van der Waals surface area contributed by atoms with Gasteiger partial charge < -0.3 is 10.1 Å². The molecule has 2 aromatic carbocycles. The molecule has 5 nitrogen and oxygen atoms in total. The molecule has 0 saturated heterocycles. The van der Waals surface area contributed by atoms with Crippen LogP contribution in [0.1, 0.15) is 5.56 Å². The van der Waals surface area contributed by atoms with Crippen molar-refractivity contribution in [2.75, 3.05) is 5.32 Å². The first-order valence-electron chi connectivity index (χ1n) is 7.87. The number of alkyl halides is 6. The van der Waals surface area contributed by atoms with Crippen LogP contribution in [0.3, 0.4) is 0 Å². The summed E-state index contributed by atoms with van der Waals surface area (Å²) >= 11 is 6.81. The minimum absolute atomic E-state index is 0.00565. The normalized spacial score (nSPS) is 12.0. The Morgan fingerprint density at radius 2 is 1.47 bits per heavy atom. The molecule has 0 aliphatic rings. The molecule has 0 saturated carbocycles. The fourth-order valence-electron chi connectivity index (χ4n) is 2.12. The van der Waals surface area contributed by atoms with Crippen LogP contribution in [-0.4, -0.2) is 21.3 Å². The van der Waals surface area contributed by atoms with Crippen molar-refractivity contribution in [2.24, 2.45) is 0 Å². The lowest BCUT2D eigenvalue weighted by Crippen LogP contribution is -2.17. The fraction of sp³-hybridized carbons (Fsp3) is 0.118. The van der Waals surface area contributed by atoms with Crippen molar-refractivity contribution in [2.45, 2.75) is 22.6 Å². The number of halogens is 7. The van der Waals surface area contributed by atoms with Crippen LogP contribution in [0.5, 0.6) is 5.75 Å². The topological polar surface area (TPSA) is 59.9 Å². The van der Waals surface area contributed by atoms with E-state index in [4.69, 9.17) is 11.6 Å². The summed E-state index contributed by atoms with van der Waals surface area (Å²) in [6, 6.07) is 9.18. The maximum absolute atomic E-state index is 12.6. The first-order valence-corrected chi connectivity index (χ1v) is 9.07. The van der Waals surface area contributed by atoms with Crippen LogP contribution in [-0.2, 0) is 6.18 Å². The van der Waals surface area contributed by atoms with E-state index in [1.54, 1.807) is 0 Å². The molecule has 3 rings (SSSR count). The van der Waals surface area contributed by atoms with Crippen LogP contribution in [0, 0.1) is 0 Å². The highest BCUT2D eigenvalue weighted by molar-refractivity contribution is 7.99. The lowest BCUT2D eigenvalue weighted by atomic mass is 10.2. The van der Waals surface area contributed by atoms with Gasteiger partial charge in [-0.15, -0.1) is 13.2 Å². The molecule has 30 heavy (non-hydrogen) atoms. The lowest BCUT2D eigenvalue weighted by molar-refractivity contribution is -0.274. The predicted octanol–water partition coefficient (Wildman–Crippen LogP) is 6.34. The standard InChI is InChI=1S/C17H9ClF6N4OS/c18-13-26-14(25-10-3-5-11(6-4-10)29-17(22,23)24)28-15(27-13)30-12-7-1-9(2-8-12)16(19,20)21/h1-8H,(H,25,26,27,28). The van der Waals surface area contributed by atoms with Gasteiger partial charge in [0.15, 0.2) is 5.16 Å². The molecule has 0 spiro atoms. The molecule has 0 fully saturated rings. The Labute approximate surface area is 174 Å². The number of nitrogens with one attached hydrogen (secondary N) is 1. The van der Waals surface area contributed by atoms with Gasteiger partial charge in [-0.2, -0.15) is 28.1 Å². The second kappa shape index (κ2) is 8.56. The van der Waals surface area contributed by atoms with Gasteiger partial charge in [-0.1, -0.05) is 0 Å². The second-order valence-corrected chi connectivity index (χ2v) is 6.91. The molecule has 3 aromatic rings. The summed E-state index contributed by atoms with van der Waals surface area (Å²) in [4.78, 5) is 12.3. The van der Waals surface area contributed by atoms with Crippen LogP contribution in [0.4, 0.5) is 38.0 Å². The van der Waals surface area contributed by atoms with Crippen molar-refractivity contribution in [3.8, 4) is 5.75 Å². The highest BCUT2D eigenvalue weighted by Crippen LogP contribution is 2.32. The summed E-state index contributed by atoms with van der Waals surface area (Å²) in [6.45, 7) is 0. The number of hydrogen-bond acceptors (Lipinski definition) is 6. The third-order valence-electron chi connectivity index (χ3n) is 3.32. The minimum Gasteiger partial charge on any atom is -0.406 e. The monoisotopic (exact) mass is 466 g/mol. The molecule has 0 radical (unpaired) electrons. The molecular formula is C17H9ClF6N4OS. The quantitative estimate of drug-likeness (QED) is 0.443. The van der Waals surface area contributed by atoms with Crippen LogP contribution in [0.2, 0.25) is 5.28 Å². The van der Waals surface area contributed by atoms with Crippen molar-refractivity contribution in [1.29, 1.82) is 0 Å². The highest BCUT2D eigenvalue weighted by Gasteiger charge is 2.31. The molecule has 0 atom stereocenters. The van der Waals surface area contributed by atoms with Gasteiger partial charge in [0.2, 0.25) is 11.2 Å². The maximum atomic E-state index is 12.6. The average Bonchev–Trinajstić information content (AvgIpc) is 2.61. The molecule has 1 heterocycles.